The number of benzene rings is 1. The molecule has 3 rings (SSSR count). The second kappa shape index (κ2) is 3.07. The van der Waals surface area contributed by atoms with E-state index in [2.05, 4.69) is 30.4 Å². The van der Waals surface area contributed by atoms with E-state index in [1.54, 1.807) is 0 Å². The Morgan fingerprint density at radius 1 is 1.43 bits per heavy atom. The van der Waals surface area contributed by atoms with Crippen LogP contribution >= 0.6 is 0 Å². The second-order valence-electron chi connectivity index (χ2n) is 4.25. The van der Waals surface area contributed by atoms with Crippen LogP contribution in [0.5, 0.6) is 0 Å². The molecule has 0 aromatic heterocycles. The molecule has 1 saturated heterocycles. The van der Waals surface area contributed by atoms with Gasteiger partial charge in [-0.05, 0) is 18.1 Å². The van der Waals surface area contributed by atoms with E-state index in [0.29, 0.717) is 12.1 Å². The summed E-state index contributed by atoms with van der Waals surface area (Å²) in [6.07, 6.45) is 1.45. The maximum absolute atomic E-state index is 5.76. The zero-order valence-corrected chi connectivity index (χ0v) is 8.42. The molecule has 1 aliphatic heterocycles. The summed E-state index contributed by atoms with van der Waals surface area (Å²) in [7, 11) is 0. The number of hydrogen-bond acceptors (Lipinski definition) is 2. The van der Waals surface area contributed by atoms with Gasteiger partial charge in [-0.3, -0.25) is 0 Å². The van der Waals surface area contributed by atoms with Crippen molar-refractivity contribution in [3.05, 3.63) is 34.9 Å². The van der Waals surface area contributed by atoms with Gasteiger partial charge in [-0.2, -0.15) is 0 Å². The topological polar surface area (TPSA) is 21.3 Å². The smallest absolute Gasteiger partial charge is 0.0810 e. The quantitative estimate of drug-likeness (QED) is 0.669. The molecule has 0 radical (unpaired) electrons. The minimum absolute atomic E-state index is 0.376. The van der Waals surface area contributed by atoms with E-state index in [1.165, 1.54) is 16.7 Å². The van der Waals surface area contributed by atoms with Gasteiger partial charge in [-0.1, -0.05) is 23.8 Å². The number of ether oxygens (including phenoxy) is 1. The first kappa shape index (κ1) is 8.45. The largest absolute Gasteiger partial charge is 0.375 e. The molecule has 1 heterocycles. The highest BCUT2D eigenvalue weighted by molar-refractivity contribution is 5.39. The average molecular weight is 189 g/mol. The molecule has 1 aliphatic carbocycles. The summed E-state index contributed by atoms with van der Waals surface area (Å²) in [4.78, 5) is 0. The standard InChI is InChI=1S/C12H15NO/c1-8-2-3-9-7-11-12(10(9)6-8)13-4-5-14-11/h2-3,6,11-13H,4-5,7H2,1H3. The Kier molecular flexibility index (Phi) is 1.85. The molecule has 2 aliphatic rings. The first-order valence-electron chi connectivity index (χ1n) is 5.29. The molecule has 0 bridgehead atoms. The van der Waals surface area contributed by atoms with E-state index in [4.69, 9.17) is 4.74 Å². The number of aryl methyl sites for hydroxylation is 1. The molecule has 2 unspecified atom stereocenters. The van der Waals surface area contributed by atoms with Gasteiger partial charge >= 0.3 is 0 Å². The van der Waals surface area contributed by atoms with Crippen LogP contribution in [0.25, 0.3) is 0 Å². The lowest BCUT2D eigenvalue weighted by atomic mass is 10.0. The Morgan fingerprint density at radius 2 is 2.36 bits per heavy atom. The number of nitrogens with one attached hydrogen (secondary N) is 1. The molecule has 0 amide bonds. The van der Waals surface area contributed by atoms with Gasteiger partial charge < -0.3 is 10.1 Å². The summed E-state index contributed by atoms with van der Waals surface area (Å²) in [6.45, 7) is 3.99. The van der Waals surface area contributed by atoms with Crippen molar-refractivity contribution in [1.82, 2.24) is 5.32 Å². The summed E-state index contributed by atoms with van der Waals surface area (Å²) in [5.41, 5.74) is 4.26. The molecule has 2 nitrogen and oxygen atoms in total. The fourth-order valence-corrected chi connectivity index (χ4v) is 2.55. The first-order chi connectivity index (χ1) is 6.84. The minimum Gasteiger partial charge on any atom is -0.375 e. The van der Waals surface area contributed by atoms with Crippen LogP contribution < -0.4 is 5.32 Å². The van der Waals surface area contributed by atoms with Crippen LogP contribution in [0.2, 0.25) is 0 Å². The predicted molar refractivity (Wildman–Crippen MR) is 55.4 cm³/mol. The van der Waals surface area contributed by atoms with Crippen molar-refractivity contribution in [2.45, 2.75) is 25.5 Å². The Bertz CT molecular complexity index is 361. The van der Waals surface area contributed by atoms with Gasteiger partial charge in [0.25, 0.3) is 0 Å². The van der Waals surface area contributed by atoms with Crippen molar-refractivity contribution in [3.8, 4) is 0 Å². The Hall–Kier alpha value is -0.860. The van der Waals surface area contributed by atoms with Gasteiger partial charge in [0, 0.05) is 13.0 Å². The Labute approximate surface area is 84.3 Å². The summed E-state index contributed by atoms with van der Waals surface area (Å²) in [5, 5.41) is 3.54. The fraction of sp³-hybridized carbons (Fsp3) is 0.500. The highest BCUT2D eigenvalue weighted by Gasteiger charge is 2.34. The lowest BCUT2D eigenvalue weighted by Gasteiger charge is -2.27. The van der Waals surface area contributed by atoms with Gasteiger partial charge in [0.15, 0.2) is 0 Å². The van der Waals surface area contributed by atoms with Crippen molar-refractivity contribution in [2.24, 2.45) is 0 Å². The highest BCUT2D eigenvalue weighted by Crippen LogP contribution is 2.35. The van der Waals surface area contributed by atoms with Crippen LogP contribution in [0.15, 0.2) is 18.2 Å². The molecule has 14 heavy (non-hydrogen) atoms. The van der Waals surface area contributed by atoms with Gasteiger partial charge in [0.2, 0.25) is 0 Å². The number of morpholine rings is 1. The summed E-state index contributed by atoms with van der Waals surface area (Å²) < 4.78 is 5.76. The van der Waals surface area contributed by atoms with Crippen molar-refractivity contribution in [2.75, 3.05) is 13.2 Å². The SMILES string of the molecule is Cc1ccc2c(c1)C1NCCOC1C2. The van der Waals surface area contributed by atoms with Crippen molar-refractivity contribution in [3.63, 3.8) is 0 Å². The predicted octanol–water partition coefficient (Wildman–Crippen LogP) is 1.58. The first-order valence-corrected chi connectivity index (χ1v) is 5.29. The lowest BCUT2D eigenvalue weighted by molar-refractivity contribution is 0.00503. The molecule has 1 aromatic carbocycles. The molecule has 0 saturated carbocycles. The monoisotopic (exact) mass is 189 g/mol. The molecule has 2 atom stereocenters. The van der Waals surface area contributed by atoms with Crippen LogP contribution in [0.1, 0.15) is 22.7 Å². The molecule has 0 spiro atoms. The van der Waals surface area contributed by atoms with Crippen LogP contribution in [0.3, 0.4) is 0 Å². The third kappa shape index (κ3) is 1.18. The van der Waals surface area contributed by atoms with Gasteiger partial charge in [0.1, 0.15) is 0 Å². The molecule has 74 valence electrons. The normalized spacial score (nSPS) is 29.8. The third-order valence-electron chi connectivity index (χ3n) is 3.23. The highest BCUT2D eigenvalue weighted by atomic mass is 16.5. The maximum atomic E-state index is 5.76. The average Bonchev–Trinajstić information content (AvgIpc) is 2.56. The van der Waals surface area contributed by atoms with Gasteiger partial charge in [0.05, 0.1) is 18.8 Å². The molecule has 1 fully saturated rings. The van der Waals surface area contributed by atoms with Crippen LogP contribution in [0.4, 0.5) is 0 Å². The molecular weight excluding hydrogens is 174 g/mol. The van der Waals surface area contributed by atoms with Crippen LogP contribution in [0, 0.1) is 6.92 Å². The van der Waals surface area contributed by atoms with Crippen molar-refractivity contribution >= 4 is 0 Å². The summed E-state index contributed by atoms with van der Waals surface area (Å²) >= 11 is 0. The molecule has 1 N–H and O–H groups in total. The molecule has 1 aromatic rings. The fourth-order valence-electron chi connectivity index (χ4n) is 2.55. The zero-order valence-electron chi connectivity index (χ0n) is 8.42. The van der Waals surface area contributed by atoms with E-state index < -0.39 is 0 Å². The number of fused-ring (bicyclic) bond motifs is 3. The van der Waals surface area contributed by atoms with Gasteiger partial charge in [-0.15, -0.1) is 0 Å². The van der Waals surface area contributed by atoms with E-state index in [0.717, 1.165) is 19.6 Å². The molecular formula is C12H15NO. The second-order valence-corrected chi connectivity index (χ2v) is 4.25. The maximum Gasteiger partial charge on any atom is 0.0810 e. The lowest BCUT2D eigenvalue weighted by Crippen LogP contribution is -2.39. The van der Waals surface area contributed by atoms with E-state index in [9.17, 15) is 0 Å². The van der Waals surface area contributed by atoms with Crippen LogP contribution in [-0.4, -0.2) is 19.3 Å². The van der Waals surface area contributed by atoms with E-state index in [1.807, 2.05) is 0 Å². The third-order valence-corrected chi connectivity index (χ3v) is 3.23. The van der Waals surface area contributed by atoms with Crippen LogP contribution in [-0.2, 0) is 11.2 Å². The number of rotatable bonds is 0. The van der Waals surface area contributed by atoms with Gasteiger partial charge in [-0.25, -0.2) is 0 Å². The van der Waals surface area contributed by atoms with E-state index in [-0.39, 0.29) is 0 Å². The number of hydrogen-bond donors (Lipinski definition) is 1. The Balaban J connectivity index is 2.02. The zero-order chi connectivity index (χ0) is 9.54. The van der Waals surface area contributed by atoms with Crippen molar-refractivity contribution in [1.29, 1.82) is 0 Å². The minimum atomic E-state index is 0.376. The van der Waals surface area contributed by atoms with Crippen molar-refractivity contribution < 1.29 is 4.74 Å². The molecule has 2 heteroatoms. The summed E-state index contributed by atoms with van der Waals surface area (Å²) in [5.74, 6) is 0. The van der Waals surface area contributed by atoms with E-state index >= 15 is 0 Å². The summed E-state index contributed by atoms with van der Waals surface area (Å²) in [6, 6.07) is 7.17. The Morgan fingerprint density at radius 3 is 3.29 bits per heavy atom.